The van der Waals surface area contributed by atoms with Crippen molar-refractivity contribution < 1.29 is 9.28 Å². The Hall–Kier alpha value is -1.75. The highest BCUT2D eigenvalue weighted by Gasteiger charge is 2.44. The lowest BCUT2D eigenvalue weighted by atomic mass is 9.84. The zero-order valence-electron chi connectivity index (χ0n) is 11.5. The Balaban J connectivity index is 1.54. The van der Waals surface area contributed by atoms with Crippen LogP contribution in [0.25, 0.3) is 11.0 Å². The first-order valence-electron chi connectivity index (χ1n) is 7.42. The quantitative estimate of drug-likeness (QED) is 0.789. The summed E-state index contributed by atoms with van der Waals surface area (Å²) in [6.07, 6.45) is 2.16. The number of piperidine rings is 3. The summed E-state index contributed by atoms with van der Waals surface area (Å²) >= 11 is 0. The molecular weight excluding hydrogens is 252 g/mol. The van der Waals surface area contributed by atoms with Crippen LogP contribution in [0.5, 0.6) is 0 Å². The molecule has 2 aromatic rings. The lowest BCUT2D eigenvalue weighted by Gasteiger charge is -2.48. The summed E-state index contributed by atoms with van der Waals surface area (Å²) in [7, 11) is 0. The van der Waals surface area contributed by atoms with Gasteiger partial charge >= 0.3 is 0 Å². The van der Waals surface area contributed by atoms with Crippen molar-refractivity contribution in [2.24, 2.45) is 5.92 Å². The average molecular weight is 271 g/mol. The third-order valence-corrected chi connectivity index (χ3v) is 5.06. The van der Waals surface area contributed by atoms with E-state index < -0.39 is 0 Å². The number of hydrogen-bond acceptors (Lipinski definition) is 3. The minimum atomic E-state index is 0.363. The molecular formula is C15H19N4O+. The highest BCUT2D eigenvalue weighted by molar-refractivity contribution is 5.83. The van der Waals surface area contributed by atoms with Crippen molar-refractivity contribution in [3.8, 4) is 0 Å². The number of Topliss-reactive ketones (excluding diaryl/α,β-unsaturated/α-hetero) is 1. The van der Waals surface area contributed by atoms with Gasteiger partial charge in [-0.1, -0.05) is 17.3 Å². The predicted octanol–water partition coefficient (Wildman–Crippen LogP) is 1.24. The highest BCUT2D eigenvalue weighted by atomic mass is 16.1. The summed E-state index contributed by atoms with van der Waals surface area (Å²) in [6, 6.07) is 8.05. The standard InChI is InChI=1S/C15H19N4O/c20-15-11-19(8-5-12(15)6-9-19)10-7-18-14-4-2-1-3-13(14)16-17-18/h1-4,12H,5-11H2/q+1. The lowest BCUT2D eigenvalue weighted by molar-refractivity contribution is -0.931. The van der Waals surface area contributed by atoms with Gasteiger partial charge in [-0.3, -0.25) is 4.79 Å². The van der Waals surface area contributed by atoms with Crippen LogP contribution in [0.3, 0.4) is 0 Å². The van der Waals surface area contributed by atoms with Gasteiger partial charge in [0.1, 0.15) is 12.1 Å². The van der Waals surface area contributed by atoms with E-state index in [4.69, 9.17) is 0 Å². The zero-order valence-corrected chi connectivity index (χ0v) is 11.5. The van der Waals surface area contributed by atoms with Crippen molar-refractivity contribution in [3.63, 3.8) is 0 Å². The molecule has 0 atom stereocenters. The molecule has 3 aliphatic heterocycles. The summed E-state index contributed by atoms with van der Waals surface area (Å²) in [5.74, 6) is 0.841. The fraction of sp³-hybridized carbons (Fsp3) is 0.533. The first-order chi connectivity index (χ1) is 9.76. The fourth-order valence-corrected chi connectivity index (χ4v) is 3.75. The summed E-state index contributed by atoms with van der Waals surface area (Å²) in [5.41, 5.74) is 2.03. The monoisotopic (exact) mass is 271 g/mol. The number of ketones is 1. The Labute approximate surface area is 117 Å². The number of nitrogens with zero attached hydrogens (tertiary/aromatic N) is 4. The number of carbonyl (C=O) groups excluding carboxylic acids is 1. The normalized spacial score (nSPS) is 29.2. The summed E-state index contributed by atoms with van der Waals surface area (Å²) in [4.78, 5) is 12.0. The van der Waals surface area contributed by atoms with Gasteiger partial charge in [0.2, 0.25) is 0 Å². The van der Waals surface area contributed by atoms with Gasteiger partial charge in [-0.15, -0.1) is 5.10 Å². The number of rotatable bonds is 3. The number of carbonyl (C=O) groups is 1. The molecule has 1 aromatic carbocycles. The van der Waals surface area contributed by atoms with Gasteiger partial charge in [-0.2, -0.15) is 0 Å². The molecule has 20 heavy (non-hydrogen) atoms. The molecule has 3 fully saturated rings. The second-order valence-corrected chi connectivity index (χ2v) is 6.21. The van der Waals surface area contributed by atoms with Crippen molar-refractivity contribution in [1.82, 2.24) is 15.0 Å². The number of aromatic nitrogens is 3. The van der Waals surface area contributed by atoms with Gasteiger partial charge in [0.05, 0.1) is 31.7 Å². The number of quaternary nitrogens is 1. The van der Waals surface area contributed by atoms with Crippen LogP contribution in [0.15, 0.2) is 24.3 Å². The zero-order chi connectivity index (χ0) is 13.6. The van der Waals surface area contributed by atoms with Gasteiger partial charge in [0.25, 0.3) is 0 Å². The molecule has 5 heteroatoms. The smallest absolute Gasteiger partial charge is 0.190 e. The second kappa shape index (κ2) is 4.38. The van der Waals surface area contributed by atoms with Crippen LogP contribution in [0.1, 0.15) is 12.8 Å². The molecule has 0 amide bonds. The van der Waals surface area contributed by atoms with E-state index in [1.54, 1.807) is 0 Å². The molecule has 1 aromatic heterocycles. The van der Waals surface area contributed by atoms with Gasteiger partial charge in [-0.25, -0.2) is 4.68 Å². The van der Waals surface area contributed by atoms with Crippen LogP contribution in [0.4, 0.5) is 0 Å². The lowest BCUT2D eigenvalue weighted by Crippen LogP contribution is -2.63. The van der Waals surface area contributed by atoms with E-state index >= 15 is 0 Å². The molecule has 104 valence electrons. The Morgan fingerprint density at radius 2 is 2.05 bits per heavy atom. The maximum atomic E-state index is 12.0. The van der Waals surface area contributed by atoms with Crippen LogP contribution >= 0.6 is 0 Å². The molecule has 0 radical (unpaired) electrons. The largest absolute Gasteiger partial charge is 0.316 e. The molecule has 3 saturated heterocycles. The SMILES string of the molecule is O=C1C[N+]2(CCn3nnc4ccccc43)CCC1CC2. The van der Waals surface area contributed by atoms with E-state index in [0.29, 0.717) is 11.7 Å². The Morgan fingerprint density at radius 1 is 1.25 bits per heavy atom. The second-order valence-electron chi connectivity index (χ2n) is 6.21. The Morgan fingerprint density at radius 3 is 2.85 bits per heavy atom. The number of hydrogen-bond donors (Lipinski definition) is 0. The summed E-state index contributed by atoms with van der Waals surface area (Å²) in [5, 5.41) is 8.44. The van der Waals surface area contributed by atoms with Gasteiger partial charge in [0.15, 0.2) is 5.78 Å². The van der Waals surface area contributed by atoms with E-state index in [-0.39, 0.29) is 0 Å². The van der Waals surface area contributed by atoms with Crippen molar-refractivity contribution in [2.75, 3.05) is 26.2 Å². The fourth-order valence-electron chi connectivity index (χ4n) is 3.75. The molecule has 3 aliphatic rings. The van der Waals surface area contributed by atoms with Crippen molar-refractivity contribution in [2.45, 2.75) is 19.4 Å². The topological polar surface area (TPSA) is 47.8 Å². The van der Waals surface area contributed by atoms with Crippen molar-refractivity contribution >= 4 is 16.8 Å². The molecule has 5 rings (SSSR count). The molecule has 5 nitrogen and oxygen atoms in total. The Bertz CT molecular complexity index is 655. The third-order valence-electron chi connectivity index (χ3n) is 5.06. The van der Waals surface area contributed by atoms with Gasteiger partial charge < -0.3 is 4.48 Å². The third kappa shape index (κ3) is 1.85. The molecule has 0 aliphatic carbocycles. The average Bonchev–Trinajstić information content (AvgIpc) is 2.89. The van der Waals surface area contributed by atoms with E-state index in [1.807, 2.05) is 22.9 Å². The van der Waals surface area contributed by atoms with Crippen LogP contribution in [0, 0.1) is 5.92 Å². The minimum absolute atomic E-state index is 0.363. The number of para-hydroxylation sites is 1. The van der Waals surface area contributed by atoms with Crippen LogP contribution < -0.4 is 0 Å². The molecule has 0 spiro atoms. The van der Waals surface area contributed by atoms with E-state index in [1.165, 1.54) is 0 Å². The number of fused-ring (bicyclic) bond motifs is 4. The molecule has 0 saturated carbocycles. The molecule has 2 bridgehead atoms. The van der Waals surface area contributed by atoms with Gasteiger partial charge in [0, 0.05) is 18.8 Å². The summed E-state index contributed by atoms with van der Waals surface area (Å²) < 4.78 is 2.94. The van der Waals surface area contributed by atoms with Gasteiger partial charge in [-0.05, 0) is 12.1 Å². The van der Waals surface area contributed by atoms with Crippen LogP contribution in [-0.2, 0) is 11.3 Å². The minimum Gasteiger partial charge on any atom is -0.316 e. The maximum absolute atomic E-state index is 12.0. The highest BCUT2D eigenvalue weighted by Crippen LogP contribution is 2.31. The Kier molecular flexibility index (Phi) is 2.63. The van der Waals surface area contributed by atoms with E-state index in [2.05, 4.69) is 16.4 Å². The molecule has 4 heterocycles. The van der Waals surface area contributed by atoms with Crippen molar-refractivity contribution in [1.29, 1.82) is 0 Å². The van der Waals surface area contributed by atoms with Crippen molar-refractivity contribution in [3.05, 3.63) is 24.3 Å². The first kappa shape index (κ1) is 12.0. The first-order valence-corrected chi connectivity index (χ1v) is 7.42. The van der Waals surface area contributed by atoms with Crippen LogP contribution in [0.2, 0.25) is 0 Å². The molecule has 0 N–H and O–H groups in total. The van der Waals surface area contributed by atoms with E-state index in [0.717, 1.165) is 61.1 Å². The summed E-state index contributed by atoms with van der Waals surface area (Å²) in [6.45, 7) is 4.88. The van der Waals surface area contributed by atoms with E-state index in [9.17, 15) is 4.79 Å². The predicted molar refractivity (Wildman–Crippen MR) is 75.0 cm³/mol. The van der Waals surface area contributed by atoms with Crippen LogP contribution in [-0.4, -0.2) is 51.4 Å². The number of benzene rings is 1. The maximum Gasteiger partial charge on any atom is 0.190 e. The molecule has 0 unspecified atom stereocenters.